The Morgan fingerprint density at radius 1 is 1.05 bits per heavy atom. The van der Waals surface area contributed by atoms with Gasteiger partial charge in [-0.15, -0.1) is 0 Å². The summed E-state index contributed by atoms with van der Waals surface area (Å²) in [5, 5.41) is 0. The highest BCUT2D eigenvalue weighted by Gasteiger charge is 2.52. The molecule has 0 bridgehead atoms. The highest BCUT2D eigenvalue weighted by molar-refractivity contribution is 6.09. The number of hydrogen-bond acceptors (Lipinski definition) is 3. The molecule has 0 aliphatic heterocycles. The fourth-order valence-electron chi connectivity index (χ4n) is 1.22. The molecule has 1 aromatic heterocycles. The molecule has 20 heavy (non-hydrogen) atoms. The molecule has 0 N–H and O–H groups in total. The lowest BCUT2D eigenvalue weighted by atomic mass is 9.97. The van der Waals surface area contributed by atoms with Crippen molar-refractivity contribution in [1.29, 1.82) is 0 Å². The molecule has 0 saturated carbocycles. The molecule has 0 aromatic carbocycles. The van der Waals surface area contributed by atoms with Crippen LogP contribution in [0.3, 0.4) is 0 Å². The van der Waals surface area contributed by atoms with Crippen LogP contribution in [0, 0.1) is 5.92 Å². The van der Waals surface area contributed by atoms with E-state index in [9.17, 15) is 35.9 Å². The third-order valence-corrected chi connectivity index (χ3v) is 2.12. The van der Waals surface area contributed by atoms with Crippen molar-refractivity contribution in [3.63, 3.8) is 0 Å². The molecule has 0 fully saturated rings. The molecule has 0 amide bonds. The SMILES string of the molecule is O=C(C(C=Cc1ccco1)C(=O)C(F)(F)F)C(F)(F)F. The lowest BCUT2D eigenvalue weighted by Gasteiger charge is -2.14. The smallest absolute Gasteiger partial charge is 0.451 e. The summed E-state index contributed by atoms with van der Waals surface area (Å²) in [5.74, 6) is -8.66. The van der Waals surface area contributed by atoms with Crippen LogP contribution in [0.4, 0.5) is 26.3 Å². The molecule has 9 heteroatoms. The topological polar surface area (TPSA) is 47.3 Å². The molecule has 0 atom stereocenters. The number of Topliss-reactive ketones (excluding diaryl/α,β-unsaturated/α-hetero) is 2. The van der Waals surface area contributed by atoms with Crippen molar-refractivity contribution in [2.45, 2.75) is 12.4 Å². The number of alkyl halides is 6. The number of ketones is 2. The van der Waals surface area contributed by atoms with Gasteiger partial charge in [-0.2, -0.15) is 26.3 Å². The molecule has 0 spiro atoms. The number of halogens is 6. The van der Waals surface area contributed by atoms with E-state index in [-0.39, 0.29) is 11.8 Å². The fourth-order valence-corrected chi connectivity index (χ4v) is 1.22. The van der Waals surface area contributed by atoms with Crippen LogP contribution in [0.2, 0.25) is 0 Å². The molecule has 1 rings (SSSR count). The van der Waals surface area contributed by atoms with Gasteiger partial charge in [0.15, 0.2) is 0 Å². The summed E-state index contributed by atoms with van der Waals surface area (Å²) in [4.78, 5) is 21.8. The highest BCUT2D eigenvalue weighted by Crippen LogP contribution is 2.28. The van der Waals surface area contributed by atoms with Crippen molar-refractivity contribution in [3.05, 3.63) is 30.2 Å². The number of rotatable bonds is 4. The summed E-state index contributed by atoms with van der Waals surface area (Å²) in [5.41, 5.74) is 0. The molecule has 0 aliphatic rings. The Hall–Kier alpha value is -2.06. The first-order valence-electron chi connectivity index (χ1n) is 4.97. The van der Waals surface area contributed by atoms with Crippen LogP contribution in [0.5, 0.6) is 0 Å². The van der Waals surface area contributed by atoms with E-state index in [1.165, 1.54) is 12.1 Å². The first kappa shape index (κ1) is 16.0. The minimum Gasteiger partial charge on any atom is -0.465 e. The minimum absolute atomic E-state index is 0.0973. The molecule has 1 heterocycles. The number of allylic oxidation sites excluding steroid dienone is 1. The van der Waals surface area contributed by atoms with Crippen molar-refractivity contribution in [2.24, 2.45) is 5.92 Å². The van der Waals surface area contributed by atoms with Gasteiger partial charge in [-0.25, -0.2) is 0 Å². The van der Waals surface area contributed by atoms with E-state index < -0.39 is 29.8 Å². The Morgan fingerprint density at radius 3 is 1.90 bits per heavy atom. The predicted octanol–water partition coefficient (Wildman–Crippen LogP) is 3.17. The van der Waals surface area contributed by atoms with Gasteiger partial charge < -0.3 is 4.42 Å². The Bertz CT molecular complexity index is 483. The molecule has 0 aliphatic carbocycles. The average Bonchev–Trinajstić information content (AvgIpc) is 2.79. The summed E-state index contributed by atoms with van der Waals surface area (Å²) in [6.45, 7) is 0. The van der Waals surface area contributed by atoms with E-state index in [0.29, 0.717) is 6.08 Å². The summed E-state index contributed by atoms with van der Waals surface area (Å²) < 4.78 is 77.8. The van der Waals surface area contributed by atoms with Crippen molar-refractivity contribution in [1.82, 2.24) is 0 Å². The van der Waals surface area contributed by atoms with Crippen LogP contribution in [0.25, 0.3) is 6.08 Å². The molecule has 110 valence electrons. The maximum absolute atomic E-state index is 12.2. The minimum atomic E-state index is -5.56. The van der Waals surface area contributed by atoms with Crippen LogP contribution in [-0.4, -0.2) is 23.9 Å². The second-order valence-corrected chi connectivity index (χ2v) is 3.58. The zero-order chi connectivity index (χ0) is 15.6. The first-order valence-corrected chi connectivity index (χ1v) is 4.97. The monoisotopic (exact) mass is 300 g/mol. The van der Waals surface area contributed by atoms with Gasteiger partial charge >= 0.3 is 12.4 Å². The molecular formula is C11H6F6O3. The quantitative estimate of drug-likeness (QED) is 0.634. The van der Waals surface area contributed by atoms with Crippen LogP contribution >= 0.6 is 0 Å². The summed E-state index contributed by atoms with van der Waals surface area (Å²) in [6.07, 6.45) is -9.09. The van der Waals surface area contributed by atoms with Crippen LogP contribution in [-0.2, 0) is 9.59 Å². The Labute approximate surface area is 107 Å². The van der Waals surface area contributed by atoms with Gasteiger partial charge in [0.05, 0.1) is 6.26 Å². The van der Waals surface area contributed by atoms with E-state index in [1.807, 2.05) is 0 Å². The van der Waals surface area contributed by atoms with E-state index in [4.69, 9.17) is 0 Å². The standard InChI is InChI=1S/C11H6F6O3/c12-10(13,14)8(18)7(9(19)11(15,16)17)4-3-6-2-1-5-20-6/h1-5,7H. The molecular weight excluding hydrogens is 294 g/mol. The second-order valence-electron chi connectivity index (χ2n) is 3.58. The average molecular weight is 300 g/mol. The van der Waals surface area contributed by atoms with Gasteiger partial charge in [-0.05, 0) is 18.2 Å². The summed E-state index contributed by atoms with van der Waals surface area (Å²) in [6, 6.07) is 2.55. The van der Waals surface area contributed by atoms with Crippen molar-refractivity contribution in [3.8, 4) is 0 Å². The fraction of sp³-hybridized carbons (Fsp3) is 0.273. The Kier molecular flexibility index (Phi) is 4.41. The zero-order valence-electron chi connectivity index (χ0n) is 9.46. The van der Waals surface area contributed by atoms with Gasteiger partial charge in [0.2, 0.25) is 0 Å². The maximum atomic E-state index is 12.2. The number of furan rings is 1. The van der Waals surface area contributed by atoms with Gasteiger partial charge in [0.1, 0.15) is 11.7 Å². The van der Waals surface area contributed by atoms with E-state index >= 15 is 0 Å². The highest BCUT2D eigenvalue weighted by atomic mass is 19.4. The van der Waals surface area contributed by atoms with Crippen LogP contribution < -0.4 is 0 Å². The third-order valence-electron chi connectivity index (χ3n) is 2.12. The first-order chi connectivity index (χ1) is 9.03. The van der Waals surface area contributed by atoms with Gasteiger partial charge in [0, 0.05) is 0 Å². The number of carbonyl (C=O) groups is 2. The molecule has 0 radical (unpaired) electrons. The van der Waals surface area contributed by atoms with Crippen LogP contribution in [0.15, 0.2) is 28.9 Å². The van der Waals surface area contributed by atoms with Crippen molar-refractivity contribution >= 4 is 17.6 Å². The van der Waals surface area contributed by atoms with Gasteiger partial charge in [-0.1, -0.05) is 6.08 Å². The van der Waals surface area contributed by atoms with E-state index in [2.05, 4.69) is 4.42 Å². The number of carbonyl (C=O) groups excluding carboxylic acids is 2. The molecule has 3 nitrogen and oxygen atoms in total. The Balaban J connectivity index is 3.09. The van der Waals surface area contributed by atoms with Crippen molar-refractivity contribution < 1.29 is 40.3 Å². The zero-order valence-corrected chi connectivity index (χ0v) is 9.46. The summed E-state index contributed by atoms with van der Waals surface area (Å²) in [7, 11) is 0. The summed E-state index contributed by atoms with van der Waals surface area (Å²) >= 11 is 0. The second kappa shape index (κ2) is 5.51. The van der Waals surface area contributed by atoms with Crippen molar-refractivity contribution in [2.75, 3.05) is 0 Å². The largest absolute Gasteiger partial charge is 0.465 e. The molecule has 0 saturated heterocycles. The lowest BCUT2D eigenvalue weighted by molar-refractivity contribution is -0.187. The van der Waals surface area contributed by atoms with Gasteiger partial charge in [0.25, 0.3) is 11.6 Å². The predicted molar refractivity (Wildman–Crippen MR) is 53.4 cm³/mol. The number of hydrogen-bond donors (Lipinski definition) is 0. The molecule has 0 unspecified atom stereocenters. The third kappa shape index (κ3) is 3.97. The Morgan fingerprint density at radius 2 is 1.55 bits per heavy atom. The lowest BCUT2D eigenvalue weighted by Crippen LogP contribution is -2.40. The van der Waals surface area contributed by atoms with Crippen LogP contribution in [0.1, 0.15) is 5.76 Å². The van der Waals surface area contributed by atoms with E-state index in [0.717, 1.165) is 6.26 Å². The molecule has 1 aromatic rings. The van der Waals surface area contributed by atoms with E-state index in [1.54, 1.807) is 0 Å². The van der Waals surface area contributed by atoms with Gasteiger partial charge in [-0.3, -0.25) is 9.59 Å². The maximum Gasteiger partial charge on any atom is 0.451 e. The normalized spacial score (nSPS) is 13.2.